The number of rotatable bonds is 3. The number of hydrogen-bond acceptors (Lipinski definition) is 2. The van der Waals surface area contributed by atoms with Crippen LogP contribution in [0.1, 0.15) is 12.5 Å². The predicted molar refractivity (Wildman–Crippen MR) is 53.0 cm³/mol. The van der Waals surface area contributed by atoms with E-state index in [-0.39, 0.29) is 11.7 Å². The van der Waals surface area contributed by atoms with Gasteiger partial charge in [-0.1, -0.05) is 12.1 Å². The SMILES string of the molecule is CC(C#N)C(=O)NCc1ccc(F)cc1. The maximum Gasteiger partial charge on any atom is 0.237 e. The van der Waals surface area contributed by atoms with Crippen LogP contribution in [-0.2, 0) is 11.3 Å². The molecule has 0 aliphatic carbocycles. The quantitative estimate of drug-likeness (QED) is 0.816. The predicted octanol–water partition coefficient (Wildman–Crippen LogP) is 1.60. The van der Waals surface area contributed by atoms with E-state index in [1.54, 1.807) is 12.1 Å². The zero-order valence-electron chi connectivity index (χ0n) is 8.33. The summed E-state index contributed by atoms with van der Waals surface area (Å²) >= 11 is 0. The van der Waals surface area contributed by atoms with E-state index < -0.39 is 5.92 Å². The van der Waals surface area contributed by atoms with Gasteiger partial charge >= 0.3 is 0 Å². The first-order valence-corrected chi connectivity index (χ1v) is 4.55. The fourth-order valence-corrected chi connectivity index (χ4v) is 1.00. The minimum absolute atomic E-state index is 0.310. The van der Waals surface area contributed by atoms with Crippen molar-refractivity contribution in [1.82, 2.24) is 5.32 Å². The van der Waals surface area contributed by atoms with Crippen molar-refractivity contribution < 1.29 is 9.18 Å². The van der Waals surface area contributed by atoms with Crippen LogP contribution in [0.25, 0.3) is 0 Å². The van der Waals surface area contributed by atoms with Crippen molar-refractivity contribution in [3.05, 3.63) is 35.6 Å². The van der Waals surface area contributed by atoms with Crippen molar-refractivity contribution in [3.8, 4) is 6.07 Å². The zero-order valence-corrected chi connectivity index (χ0v) is 8.33. The van der Waals surface area contributed by atoms with E-state index in [1.165, 1.54) is 19.1 Å². The van der Waals surface area contributed by atoms with Gasteiger partial charge in [0.25, 0.3) is 0 Å². The molecule has 0 radical (unpaired) electrons. The van der Waals surface area contributed by atoms with Crippen LogP contribution in [0.3, 0.4) is 0 Å². The van der Waals surface area contributed by atoms with Gasteiger partial charge < -0.3 is 5.32 Å². The molecule has 15 heavy (non-hydrogen) atoms. The second-order valence-corrected chi connectivity index (χ2v) is 3.20. The second kappa shape index (κ2) is 5.11. The van der Waals surface area contributed by atoms with Crippen molar-refractivity contribution in [2.75, 3.05) is 0 Å². The number of carbonyl (C=O) groups is 1. The number of amides is 1. The van der Waals surface area contributed by atoms with Crippen molar-refractivity contribution in [2.45, 2.75) is 13.5 Å². The summed E-state index contributed by atoms with van der Waals surface area (Å²) in [4.78, 5) is 11.2. The Morgan fingerprint density at radius 1 is 1.53 bits per heavy atom. The van der Waals surface area contributed by atoms with Crippen LogP contribution in [0.15, 0.2) is 24.3 Å². The van der Waals surface area contributed by atoms with Gasteiger partial charge in [-0.3, -0.25) is 4.79 Å². The van der Waals surface area contributed by atoms with Gasteiger partial charge in [0.1, 0.15) is 11.7 Å². The van der Waals surface area contributed by atoms with Gasteiger partial charge in [0.15, 0.2) is 0 Å². The van der Waals surface area contributed by atoms with Gasteiger partial charge in [-0.05, 0) is 24.6 Å². The molecule has 0 saturated heterocycles. The third kappa shape index (κ3) is 3.39. The molecule has 0 spiro atoms. The topological polar surface area (TPSA) is 52.9 Å². The molecule has 1 atom stereocenters. The Morgan fingerprint density at radius 2 is 2.13 bits per heavy atom. The van der Waals surface area contributed by atoms with Crippen LogP contribution in [0.4, 0.5) is 4.39 Å². The summed E-state index contributed by atoms with van der Waals surface area (Å²) in [5, 5.41) is 11.1. The van der Waals surface area contributed by atoms with Crippen LogP contribution in [0.2, 0.25) is 0 Å². The summed E-state index contributed by atoms with van der Waals surface area (Å²) in [6, 6.07) is 7.68. The lowest BCUT2D eigenvalue weighted by Gasteiger charge is -2.05. The summed E-state index contributed by atoms with van der Waals surface area (Å²) in [5.41, 5.74) is 0.801. The van der Waals surface area contributed by atoms with Crippen LogP contribution >= 0.6 is 0 Å². The molecule has 0 aromatic heterocycles. The first-order chi connectivity index (χ1) is 7.13. The van der Waals surface area contributed by atoms with E-state index in [0.29, 0.717) is 6.54 Å². The van der Waals surface area contributed by atoms with Crippen LogP contribution in [-0.4, -0.2) is 5.91 Å². The summed E-state index contributed by atoms with van der Waals surface area (Å²) < 4.78 is 12.5. The monoisotopic (exact) mass is 206 g/mol. The molecular weight excluding hydrogens is 195 g/mol. The fourth-order valence-electron chi connectivity index (χ4n) is 1.00. The van der Waals surface area contributed by atoms with Gasteiger partial charge in [-0.2, -0.15) is 5.26 Å². The van der Waals surface area contributed by atoms with Crippen molar-refractivity contribution in [3.63, 3.8) is 0 Å². The Hall–Kier alpha value is -1.89. The highest BCUT2D eigenvalue weighted by molar-refractivity contribution is 5.80. The van der Waals surface area contributed by atoms with E-state index in [0.717, 1.165) is 5.56 Å². The molecule has 4 heteroatoms. The maximum absolute atomic E-state index is 12.5. The molecule has 0 bridgehead atoms. The molecule has 1 rings (SSSR count). The summed E-state index contributed by atoms with van der Waals surface area (Å²) in [7, 11) is 0. The lowest BCUT2D eigenvalue weighted by Crippen LogP contribution is -2.27. The number of benzene rings is 1. The number of carbonyl (C=O) groups excluding carboxylic acids is 1. The average molecular weight is 206 g/mol. The standard InChI is InChI=1S/C11H11FN2O/c1-8(6-13)11(15)14-7-9-2-4-10(12)5-3-9/h2-5,8H,7H2,1H3,(H,14,15). The molecule has 1 aromatic rings. The van der Waals surface area contributed by atoms with Crippen LogP contribution in [0.5, 0.6) is 0 Å². The molecular formula is C11H11FN2O. The fraction of sp³-hybridized carbons (Fsp3) is 0.273. The van der Waals surface area contributed by atoms with Gasteiger partial charge in [0, 0.05) is 6.54 Å². The molecule has 1 aromatic carbocycles. The lowest BCUT2D eigenvalue weighted by atomic mass is 10.2. The number of nitrogens with zero attached hydrogens (tertiary/aromatic N) is 1. The van der Waals surface area contributed by atoms with E-state index in [4.69, 9.17) is 5.26 Å². The van der Waals surface area contributed by atoms with Gasteiger partial charge in [0.05, 0.1) is 6.07 Å². The van der Waals surface area contributed by atoms with Crippen molar-refractivity contribution in [2.24, 2.45) is 5.92 Å². The molecule has 0 fully saturated rings. The van der Waals surface area contributed by atoms with Gasteiger partial charge in [0.2, 0.25) is 5.91 Å². The van der Waals surface area contributed by atoms with Crippen molar-refractivity contribution >= 4 is 5.91 Å². The molecule has 78 valence electrons. The Morgan fingerprint density at radius 3 is 2.67 bits per heavy atom. The number of nitriles is 1. The average Bonchev–Trinajstić information content (AvgIpc) is 2.26. The first kappa shape index (κ1) is 11.2. The summed E-state index contributed by atoms with van der Waals surface area (Å²) in [6.45, 7) is 1.84. The van der Waals surface area contributed by atoms with E-state index in [2.05, 4.69) is 5.32 Å². The summed E-state index contributed by atoms with van der Waals surface area (Å²) in [5.74, 6) is -1.29. The largest absolute Gasteiger partial charge is 0.351 e. The van der Waals surface area contributed by atoms with Gasteiger partial charge in [-0.15, -0.1) is 0 Å². The highest BCUT2D eigenvalue weighted by Gasteiger charge is 2.10. The Labute approximate surface area is 87.5 Å². The van der Waals surface area contributed by atoms with Crippen LogP contribution < -0.4 is 5.32 Å². The van der Waals surface area contributed by atoms with E-state index in [1.807, 2.05) is 6.07 Å². The number of halogens is 1. The van der Waals surface area contributed by atoms with Crippen LogP contribution in [0, 0.1) is 23.1 Å². The zero-order chi connectivity index (χ0) is 11.3. The Balaban J connectivity index is 2.48. The van der Waals surface area contributed by atoms with Gasteiger partial charge in [-0.25, -0.2) is 4.39 Å². The molecule has 0 aliphatic heterocycles. The maximum atomic E-state index is 12.5. The molecule has 3 nitrogen and oxygen atoms in total. The Kier molecular flexibility index (Phi) is 3.81. The molecule has 0 heterocycles. The number of nitrogens with one attached hydrogen (secondary N) is 1. The minimum Gasteiger partial charge on any atom is -0.351 e. The van der Waals surface area contributed by atoms with E-state index in [9.17, 15) is 9.18 Å². The Bertz CT molecular complexity index is 381. The minimum atomic E-state index is -0.662. The third-order valence-electron chi connectivity index (χ3n) is 1.97. The summed E-state index contributed by atoms with van der Waals surface area (Å²) in [6.07, 6.45) is 0. The third-order valence-corrected chi connectivity index (χ3v) is 1.97. The molecule has 1 amide bonds. The molecule has 1 N–H and O–H groups in total. The van der Waals surface area contributed by atoms with E-state index >= 15 is 0 Å². The lowest BCUT2D eigenvalue weighted by molar-refractivity contribution is -0.123. The highest BCUT2D eigenvalue weighted by Crippen LogP contribution is 2.02. The smallest absolute Gasteiger partial charge is 0.237 e. The first-order valence-electron chi connectivity index (χ1n) is 4.55. The number of hydrogen-bond donors (Lipinski definition) is 1. The normalized spacial score (nSPS) is 11.5. The highest BCUT2D eigenvalue weighted by atomic mass is 19.1. The second-order valence-electron chi connectivity index (χ2n) is 3.20. The molecule has 1 unspecified atom stereocenters. The van der Waals surface area contributed by atoms with Crippen molar-refractivity contribution in [1.29, 1.82) is 5.26 Å². The molecule has 0 aliphatic rings. The molecule has 0 saturated carbocycles.